The number of benzene rings is 1. The van der Waals surface area contributed by atoms with Crippen LogP contribution in [0.3, 0.4) is 0 Å². The van der Waals surface area contributed by atoms with Crippen molar-refractivity contribution in [2.75, 3.05) is 20.6 Å². The third-order valence-electron chi connectivity index (χ3n) is 2.95. The molecule has 19 heavy (non-hydrogen) atoms. The normalized spacial score (nSPS) is 14.2. The molecule has 1 aromatic carbocycles. The zero-order valence-corrected chi connectivity index (χ0v) is 12.0. The molecule has 0 saturated heterocycles. The number of nitrogens with zero attached hydrogens (tertiary/aromatic N) is 1. The summed E-state index contributed by atoms with van der Waals surface area (Å²) >= 11 is 0. The van der Waals surface area contributed by atoms with Crippen LogP contribution < -0.4 is 5.32 Å². The number of rotatable bonds is 7. The van der Waals surface area contributed by atoms with Gasteiger partial charge >= 0.3 is 0 Å². The van der Waals surface area contributed by atoms with Crippen LogP contribution in [0.1, 0.15) is 31.4 Å². The molecule has 0 aliphatic heterocycles. The zero-order valence-electron chi connectivity index (χ0n) is 12.0. The van der Waals surface area contributed by atoms with Crippen molar-refractivity contribution in [2.24, 2.45) is 0 Å². The number of nitrogens with one attached hydrogen (secondary N) is 1. The molecule has 1 aromatic rings. The third-order valence-corrected chi connectivity index (χ3v) is 2.95. The molecule has 0 heterocycles. The van der Waals surface area contributed by atoms with Crippen LogP contribution in [0.4, 0.5) is 0 Å². The fraction of sp³-hybridized carbons (Fsp3) is 0.533. The minimum Gasteiger partial charge on any atom is -0.388 e. The molecule has 106 valence electrons. The van der Waals surface area contributed by atoms with E-state index in [0.717, 1.165) is 12.1 Å². The molecule has 2 unspecified atom stereocenters. The van der Waals surface area contributed by atoms with Crippen molar-refractivity contribution in [1.82, 2.24) is 10.2 Å². The molecular weight excluding hydrogens is 240 g/mol. The summed E-state index contributed by atoms with van der Waals surface area (Å²) in [4.78, 5) is 13.6. The second kappa shape index (κ2) is 7.92. The Bertz CT molecular complexity index is 379. The molecular formula is C15H24N2O2. The molecule has 0 aromatic heterocycles. The van der Waals surface area contributed by atoms with Crippen LogP contribution in [0.2, 0.25) is 0 Å². The summed E-state index contributed by atoms with van der Waals surface area (Å²) in [5, 5.41) is 13.0. The van der Waals surface area contributed by atoms with Crippen molar-refractivity contribution < 1.29 is 9.90 Å². The molecule has 0 saturated carbocycles. The maximum absolute atomic E-state index is 11.7. The first-order chi connectivity index (χ1) is 8.99. The van der Waals surface area contributed by atoms with Crippen LogP contribution in [0, 0.1) is 0 Å². The lowest BCUT2D eigenvalue weighted by Crippen LogP contribution is -2.35. The Morgan fingerprint density at radius 3 is 2.53 bits per heavy atom. The average molecular weight is 264 g/mol. The average Bonchev–Trinajstić information content (AvgIpc) is 2.37. The molecule has 0 aliphatic rings. The maximum Gasteiger partial charge on any atom is 0.221 e. The largest absolute Gasteiger partial charge is 0.388 e. The van der Waals surface area contributed by atoms with Gasteiger partial charge in [0.2, 0.25) is 5.91 Å². The Morgan fingerprint density at radius 2 is 1.95 bits per heavy atom. The van der Waals surface area contributed by atoms with E-state index in [1.807, 2.05) is 56.3 Å². The monoisotopic (exact) mass is 264 g/mol. The smallest absolute Gasteiger partial charge is 0.221 e. The highest BCUT2D eigenvalue weighted by atomic mass is 16.3. The van der Waals surface area contributed by atoms with Gasteiger partial charge in [-0.1, -0.05) is 30.3 Å². The second-order valence-electron chi connectivity index (χ2n) is 5.18. The minimum absolute atomic E-state index is 0.0291. The Balaban J connectivity index is 2.34. The van der Waals surface area contributed by atoms with Gasteiger partial charge in [-0.3, -0.25) is 4.79 Å². The highest BCUT2D eigenvalue weighted by Crippen LogP contribution is 2.17. The van der Waals surface area contributed by atoms with E-state index < -0.39 is 6.10 Å². The first kappa shape index (κ1) is 15.7. The first-order valence-electron chi connectivity index (χ1n) is 6.66. The van der Waals surface area contributed by atoms with E-state index >= 15 is 0 Å². The number of carbonyl (C=O) groups excluding carboxylic acids is 1. The van der Waals surface area contributed by atoms with Gasteiger partial charge in [0, 0.05) is 19.0 Å². The molecule has 2 N–H and O–H groups in total. The van der Waals surface area contributed by atoms with Crippen molar-refractivity contribution in [3.05, 3.63) is 35.9 Å². The van der Waals surface area contributed by atoms with Crippen LogP contribution >= 0.6 is 0 Å². The van der Waals surface area contributed by atoms with Crippen LogP contribution in [0.25, 0.3) is 0 Å². The van der Waals surface area contributed by atoms with Crippen molar-refractivity contribution >= 4 is 5.91 Å². The van der Waals surface area contributed by atoms with Crippen molar-refractivity contribution in [3.63, 3.8) is 0 Å². The fourth-order valence-electron chi connectivity index (χ4n) is 1.88. The summed E-state index contributed by atoms with van der Waals surface area (Å²) in [6.07, 6.45) is 0.474. The van der Waals surface area contributed by atoms with Crippen LogP contribution in [0.5, 0.6) is 0 Å². The number of carbonyl (C=O) groups is 1. The standard InChI is InChI=1S/C15H24N2O2/c1-12(16-15(19)9-10-17(2)3)11-14(18)13-7-5-4-6-8-13/h4-8,12,14,18H,9-11H2,1-3H3,(H,16,19). The highest BCUT2D eigenvalue weighted by molar-refractivity contribution is 5.76. The van der Waals surface area contributed by atoms with E-state index in [4.69, 9.17) is 0 Å². The number of aliphatic hydroxyl groups is 1. The minimum atomic E-state index is -0.537. The van der Waals surface area contributed by atoms with Crippen LogP contribution in [-0.2, 0) is 4.79 Å². The van der Waals surface area contributed by atoms with E-state index in [0.29, 0.717) is 12.8 Å². The summed E-state index contributed by atoms with van der Waals surface area (Å²) in [7, 11) is 3.88. The lowest BCUT2D eigenvalue weighted by molar-refractivity contribution is -0.122. The summed E-state index contributed by atoms with van der Waals surface area (Å²) in [6.45, 7) is 2.65. The van der Waals surface area contributed by atoms with Gasteiger partial charge in [-0.25, -0.2) is 0 Å². The van der Waals surface area contributed by atoms with E-state index in [1.165, 1.54) is 0 Å². The van der Waals surface area contributed by atoms with E-state index in [-0.39, 0.29) is 11.9 Å². The van der Waals surface area contributed by atoms with Crippen LogP contribution in [-0.4, -0.2) is 42.6 Å². The number of amides is 1. The van der Waals surface area contributed by atoms with Gasteiger partial charge < -0.3 is 15.3 Å². The number of hydrogen-bond donors (Lipinski definition) is 2. The van der Waals surface area contributed by atoms with Gasteiger partial charge in [-0.2, -0.15) is 0 Å². The first-order valence-corrected chi connectivity index (χ1v) is 6.66. The van der Waals surface area contributed by atoms with Crippen molar-refractivity contribution in [1.29, 1.82) is 0 Å². The predicted molar refractivity (Wildman–Crippen MR) is 76.8 cm³/mol. The summed E-state index contributed by atoms with van der Waals surface area (Å²) in [6, 6.07) is 9.47. The SMILES string of the molecule is CC(CC(O)c1ccccc1)NC(=O)CCN(C)C. The van der Waals surface area contributed by atoms with Gasteiger partial charge in [0.15, 0.2) is 0 Å². The third kappa shape index (κ3) is 6.36. The quantitative estimate of drug-likeness (QED) is 0.786. The number of hydrogen-bond acceptors (Lipinski definition) is 3. The summed E-state index contributed by atoms with van der Waals surface area (Å²) in [5.74, 6) is 0.0291. The Kier molecular flexibility index (Phi) is 6.53. The van der Waals surface area contributed by atoms with Gasteiger partial charge in [0.05, 0.1) is 6.10 Å². The van der Waals surface area contributed by atoms with Gasteiger partial charge in [0.1, 0.15) is 0 Å². The Morgan fingerprint density at radius 1 is 1.32 bits per heavy atom. The molecule has 2 atom stereocenters. The zero-order chi connectivity index (χ0) is 14.3. The second-order valence-corrected chi connectivity index (χ2v) is 5.18. The molecule has 1 amide bonds. The van der Waals surface area contributed by atoms with Crippen LogP contribution in [0.15, 0.2) is 30.3 Å². The predicted octanol–water partition coefficient (Wildman–Crippen LogP) is 1.57. The summed E-state index contributed by atoms with van der Waals surface area (Å²) < 4.78 is 0. The Labute approximate surface area is 115 Å². The molecule has 4 heteroatoms. The van der Waals surface area contributed by atoms with Crippen molar-refractivity contribution in [2.45, 2.75) is 31.9 Å². The highest BCUT2D eigenvalue weighted by Gasteiger charge is 2.14. The topological polar surface area (TPSA) is 52.6 Å². The fourth-order valence-corrected chi connectivity index (χ4v) is 1.88. The van der Waals surface area contributed by atoms with E-state index in [2.05, 4.69) is 5.32 Å². The molecule has 0 spiro atoms. The van der Waals surface area contributed by atoms with E-state index in [9.17, 15) is 9.90 Å². The number of aliphatic hydroxyl groups excluding tert-OH is 1. The molecule has 0 radical (unpaired) electrons. The molecule has 0 aliphatic carbocycles. The van der Waals surface area contributed by atoms with E-state index in [1.54, 1.807) is 0 Å². The molecule has 0 fully saturated rings. The van der Waals surface area contributed by atoms with Gasteiger partial charge in [-0.15, -0.1) is 0 Å². The lowest BCUT2D eigenvalue weighted by Gasteiger charge is -2.18. The lowest BCUT2D eigenvalue weighted by atomic mass is 10.0. The molecule has 0 bridgehead atoms. The van der Waals surface area contributed by atoms with Crippen molar-refractivity contribution in [3.8, 4) is 0 Å². The molecule has 4 nitrogen and oxygen atoms in total. The summed E-state index contributed by atoms with van der Waals surface area (Å²) in [5.41, 5.74) is 0.886. The van der Waals surface area contributed by atoms with Gasteiger partial charge in [-0.05, 0) is 33.0 Å². The maximum atomic E-state index is 11.7. The van der Waals surface area contributed by atoms with Gasteiger partial charge in [0.25, 0.3) is 0 Å². The Hall–Kier alpha value is -1.39. The molecule has 1 rings (SSSR count).